The SMILES string of the molecule is Cc1cccc([C@H](C)NCC(=O)NC2CCCCC2)c1. The number of carbonyl (C=O) groups is 1. The van der Waals surface area contributed by atoms with Gasteiger partial charge in [-0.15, -0.1) is 0 Å². The molecule has 0 radical (unpaired) electrons. The van der Waals surface area contributed by atoms with E-state index in [1.165, 1.54) is 30.4 Å². The monoisotopic (exact) mass is 274 g/mol. The van der Waals surface area contributed by atoms with E-state index in [0.717, 1.165) is 12.8 Å². The summed E-state index contributed by atoms with van der Waals surface area (Å²) in [6, 6.07) is 9.01. The van der Waals surface area contributed by atoms with Gasteiger partial charge in [-0.25, -0.2) is 0 Å². The highest BCUT2D eigenvalue weighted by atomic mass is 16.1. The number of rotatable bonds is 5. The van der Waals surface area contributed by atoms with Crippen molar-refractivity contribution in [2.75, 3.05) is 6.54 Å². The van der Waals surface area contributed by atoms with Crippen molar-refractivity contribution in [2.24, 2.45) is 0 Å². The Hall–Kier alpha value is -1.35. The number of amides is 1. The predicted molar refractivity (Wildman–Crippen MR) is 82.6 cm³/mol. The molecule has 1 aromatic carbocycles. The first-order chi connectivity index (χ1) is 9.65. The van der Waals surface area contributed by atoms with Crippen molar-refractivity contribution >= 4 is 5.91 Å². The van der Waals surface area contributed by atoms with Gasteiger partial charge in [0, 0.05) is 12.1 Å². The van der Waals surface area contributed by atoms with Crippen LogP contribution in [0.2, 0.25) is 0 Å². The van der Waals surface area contributed by atoms with E-state index in [1.807, 2.05) is 0 Å². The molecule has 20 heavy (non-hydrogen) atoms. The van der Waals surface area contributed by atoms with Gasteiger partial charge in [-0.1, -0.05) is 49.1 Å². The number of hydrogen-bond donors (Lipinski definition) is 2. The van der Waals surface area contributed by atoms with Gasteiger partial charge in [0.2, 0.25) is 5.91 Å². The molecule has 2 rings (SSSR count). The minimum atomic E-state index is 0.122. The minimum Gasteiger partial charge on any atom is -0.352 e. The number of nitrogens with one attached hydrogen (secondary N) is 2. The molecule has 1 amide bonds. The zero-order chi connectivity index (χ0) is 14.4. The third-order valence-electron chi connectivity index (χ3n) is 4.08. The molecular weight excluding hydrogens is 248 g/mol. The molecule has 0 aliphatic heterocycles. The lowest BCUT2D eigenvalue weighted by atomic mass is 9.95. The van der Waals surface area contributed by atoms with E-state index in [0.29, 0.717) is 12.6 Å². The van der Waals surface area contributed by atoms with Crippen molar-refractivity contribution in [3.63, 3.8) is 0 Å². The Balaban J connectivity index is 1.75. The van der Waals surface area contributed by atoms with Crippen LogP contribution in [0.3, 0.4) is 0 Å². The summed E-state index contributed by atoms with van der Waals surface area (Å²) in [6.45, 7) is 4.58. The summed E-state index contributed by atoms with van der Waals surface area (Å²) in [5.41, 5.74) is 2.48. The van der Waals surface area contributed by atoms with Crippen LogP contribution in [0.4, 0.5) is 0 Å². The van der Waals surface area contributed by atoms with E-state index in [2.05, 4.69) is 48.7 Å². The molecule has 1 saturated carbocycles. The predicted octanol–water partition coefficient (Wildman–Crippen LogP) is 3.09. The van der Waals surface area contributed by atoms with Gasteiger partial charge in [0.25, 0.3) is 0 Å². The highest BCUT2D eigenvalue weighted by Crippen LogP contribution is 2.17. The lowest BCUT2D eigenvalue weighted by Gasteiger charge is -2.23. The number of benzene rings is 1. The quantitative estimate of drug-likeness (QED) is 0.866. The summed E-state index contributed by atoms with van der Waals surface area (Å²) in [5, 5.41) is 6.44. The largest absolute Gasteiger partial charge is 0.352 e. The van der Waals surface area contributed by atoms with Gasteiger partial charge in [0.15, 0.2) is 0 Å². The first-order valence-corrected chi connectivity index (χ1v) is 7.74. The fourth-order valence-corrected chi connectivity index (χ4v) is 2.83. The van der Waals surface area contributed by atoms with E-state index in [1.54, 1.807) is 0 Å². The number of carbonyl (C=O) groups excluding carboxylic acids is 1. The van der Waals surface area contributed by atoms with Crippen LogP contribution in [0.1, 0.15) is 56.2 Å². The fourth-order valence-electron chi connectivity index (χ4n) is 2.83. The summed E-state index contributed by atoms with van der Waals surface area (Å²) in [5.74, 6) is 0.122. The minimum absolute atomic E-state index is 0.122. The summed E-state index contributed by atoms with van der Waals surface area (Å²) in [7, 11) is 0. The molecule has 0 saturated heterocycles. The van der Waals surface area contributed by atoms with Gasteiger partial charge in [-0.05, 0) is 32.3 Å². The molecule has 0 heterocycles. The van der Waals surface area contributed by atoms with E-state index in [-0.39, 0.29) is 11.9 Å². The molecule has 0 aromatic heterocycles. The van der Waals surface area contributed by atoms with Crippen molar-refractivity contribution in [1.82, 2.24) is 10.6 Å². The standard InChI is InChI=1S/C17H26N2O/c1-13-7-6-8-15(11-13)14(2)18-12-17(20)19-16-9-4-3-5-10-16/h6-8,11,14,16,18H,3-5,9-10,12H2,1-2H3,(H,19,20)/t14-/m0/s1. The zero-order valence-electron chi connectivity index (χ0n) is 12.6. The maximum absolute atomic E-state index is 11.9. The van der Waals surface area contributed by atoms with E-state index in [4.69, 9.17) is 0 Å². The highest BCUT2D eigenvalue weighted by Gasteiger charge is 2.16. The lowest BCUT2D eigenvalue weighted by Crippen LogP contribution is -2.41. The summed E-state index contributed by atoms with van der Waals surface area (Å²) < 4.78 is 0. The van der Waals surface area contributed by atoms with Gasteiger partial charge in [-0.3, -0.25) is 4.79 Å². The molecule has 3 heteroatoms. The Bertz CT molecular complexity index is 438. The Kier molecular flexibility index (Phi) is 5.60. The van der Waals surface area contributed by atoms with Crippen molar-refractivity contribution in [1.29, 1.82) is 0 Å². The third kappa shape index (κ3) is 4.64. The Morgan fingerprint density at radius 1 is 1.30 bits per heavy atom. The molecule has 0 bridgehead atoms. The average molecular weight is 274 g/mol. The number of aryl methyl sites for hydroxylation is 1. The van der Waals surface area contributed by atoms with Crippen molar-refractivity contribution in [3.05, 3.63) is 35.4 Å². The zero-order valence-corrected chi connectivity index (χ0v) is 12.6. The van der Waals surface area contributed by atoms with Gasteiger partial charge < -0.3 is 10.6 Å². The van der Waals surface area contributed by atoms with Gasteiger partial charge in [0.1, 0.15) is 0 Å². The molecule has 110 valence electrons. The second-order valence-corrected chi connectivity index (χ2v) is 5.92. The molecule has 1 aliphatic carbocycles. The second kappa shape index (κ2) is 7.44. The number of hydrogen-bond acceptors (Lipinski definition) is 2. The normalized spacial score (nSPS) is 17.7. The first kappa shape index (κ1) is 15.0. The van der Waals surface area contributed by atoms with E-state index < -0.39 is 0 Å². The van der Waals surface area contributed by atoms with Gasteiger partial charge >= 0.3 is 0 Å². The summed E-state index contributed by atoms with van der Waals surface area (Å²) in [4.78, 5) is 11.9. The van der Waals surface area contributed by atoms with Crippen molar-refractivity contribution in [3.8, 4) is 0 Å². The molecule has 1 aromatic rings. The summed E-state index contributed by atoms with van der Waals surface area (Å²) in [6.07, 6.45) is 6.09. The van der Waals surface area contributed by atoms with Crippen LogP contribution in [-0.2, 0) is 4.79 Å². The molecular formula is C17H26N2O. The Morgan fingerprint density at radius 3 is 2.75 bits per heavy atom. The maximum Gasteiger partial charge on any atom is 0.234 e. The molecule has 0 spiro atoms. The maximum atomic E-state index is 11.9. The first-order valence-electron chi connectivity index (χ1n) is 7.74. The van der Waals surface area contributed by atoms with Crippen molar-refractivity contribution in [2.45, 2.75) is 58.0 Å². The highest BCUT2D eigenvalue weighted by molar-refractivity contribution is 5.78. The Morgan fingerprint density at radius 2 is 2.05 bits per heavy atom. The van der Waals surface area contributed by atoms with E-state index in [9.17, 15) is 4.79 Å². The van der Waals surface area contributed by atoms with Crippen molar-refractivity contribution < 1.29 is 4.79 Å². The summed E-state index contributed by atoms with van der Waals surface area (Å²) >= 11 is 0. The Labute approximate surface area is 122 Å². The van der Waals surface area contributed by atoms with Crippen LogP contribution in [0.15, 0.2) is 24.3 Å². The molecule has 3 nitrogen and oxygen atoms in total. The molecule has 1 fully saturated rings. The van der Waals surface area contributed by atoms with Crippen LogP contribution in [0.25, 0.3) is 0 Å². The molecule has 1 atom stereocenters. The van der Waals surface area contributed by atoms with E-state index >= 15 is 0 Å². The van der Waals surface area contributed by atoms with Crippen LogP contribution in [0.5, 0.6) is 0 Å². The molecule has 2 N–H and O–H groups in total. The van der Waals surface area contributed by atoms with Gasteiger partial charge in [0.05, 0.1) is 6.54 Å². The topological polar surface area (TPSA) is 41.1 Å². The molecule has 1 aliphatic rings. The molecule has 0 unspecified atom stereocenters. The fraction of sp³-hybridized carbons (Fsp3) is 0.588. The lowest BCUT2D eigenvalue weighted by molar-refractivity contribution is -0.121. The van der Waals surface area contributed by atoms with Crippen LogP contribution in [-0.4, -0.2) is 18.5 Å². The average Bonchev–Trinajstić information content (AvgIpc) is 2.46. The van der Waals surface area contributed by atoms with Crippen LogP contribution < -0.4 is 10.6 Å². The van der Waals surface area contributed by atoms with Crippen LogP contribution in [0, 0.1) is 6.92 Å². The smallest absolute Gasteiger partial charge is 0.234 e. The second-order valence-electron chi connectivity index (χ2n) is 5.92. The third-order valence-corrected chi connectivity index (χ3v) is 4.08. The van der Waals surface area contributed by atoms with Crippen LogP contribution >= 0.6 is 0 Å². The van der Waals surface area contributed by atoms with Gasteiger partial charge in [-0.2, -0.15) is 0 Å².